The predicted octanol–water partition coefficient (Wildman–Crippen LogP) is 1.74. The number of morpholine rings is 1. The molecule has 1 aliphatic rings. The van der Waals surface area contributed by atoms with Crippen molar-refractivity contribution in [3.8, 4) is 0 Å². The van der Waals surface area contributed by atoms with Crippen molar-refractivity contribution in [3.05, 3.63) is 65.7 Å². The van der Waals surface area contributed by atoms with E-state index in [-0.39, 0.29) is 10.8 Å². The molecule has 0 bridgehead atoms. The first-order valence-corrected chi connectivity index (χ1v) is 10.4. The zero-order valence-corrected chi connectivity index (χ0v) is 16.1. The van der Waals surface area contributed by atoms with Gasteiger partial charge in [0.15, 0.2) is 0 Å². The highest BCUT2D eigenvalue weighted by molar-refractivity contribution is 7.89. The molecule has 1 aliphatic heterocycles. The fraction of sp³-hybridized carbons (Fsp3) is 0.350. The third-order valence-electron chi connectivity index (χ3n) is 4.53. The van der Waals surface area contributed by atoms with Crippen LogP contribution in [-0.2, 0) is 26.0 Å². The van der Waals surface area contributed by atoms with E-state index in [4.69, 9.17) is 4.74 Å². The average molecular weight is 388 g/mol. The van der Waals surface area contributed by atoms with Gasteiger partial charge in [-0.1, -0.05) is 48.0 Å². The van der Waals surface area contributed by atoms with Crippen LogP contribution >= 0.6 is 0 Å². The van der Waals surface area contributed by atoms with Gasteiger partial charge in [0.05, 0.1) is 18.1 Å². The molecule has 0 radical (unpaired) electrons. The maximum absolute atomic E-state index is 13.0. The molecule has 0 saturated carbocycles. The van der Waals surface area contributed by atoms with Gasteiger partial charge in [-0.3, -0.25) is 4.79 Å². The highest BCUT2D eigenvalue weighted by atomic mass is 32.2. The summed E-state index contributed by atoms with van der Waals surface area (Å²) in [5, 5.41) is 0. The van der Waals surface area contributed by atoms with Gasteiger partial charge >= 0.3 is 0 Å². The summed E-state index contributed by atoms with van der Waals surface area (Å²) >= 11 is 0. The molecule has 2 aromatic rings. The molecule has 0 aromatic heterocycles. The van der Waals surface area contributed by atoms with Gasteiger partial charge in [0.2, 0.25) is 15.9 Å². The standard InChI is InChI=1S/C20H24N2O4S/c1-16-7-9-18(10-8-16)27(24,25)21-19(15-17-5-3-2-4-6-17)20(23)22-11-13-26-14-12-22/h2-10,19,21H,11-15H2,1H3/t19-/m1/s1. The van der Waals surface area contributed by atoms with Crippen molar-refractivity contribution in [3.63, 3.8) is 0 Å². The van der Waals surface area contributed by atoms with E-state index < -0.39 is 16.1 Å². The summed E-state index contributed by atoms with van der Waals surface area (Å²) in [6.07, 6.45) is 0.294. The van der Waals surface area contributed by atoms with Gasteiger partial charge in [-0.05, 0) is 31.0 Å². The Morgan fingerprint density at radius 1 is 1.07 bits per heavy atom. The number of rotatable bonds is 6. The predicted molar refractivity (Wildman–Crippen MR) is 103 cm³/mol. The normalized spacial score (nSPS) is 16.1. The summed E-state index contributed by atoms with van der Waals surface area (Å²) in [4.78, 5) is 14.8. The Morgan fingerprint density at radius 3 is 2.33 bits per heavy atom. The molecular formula is C20H24N2O4S. The summed E-state index contributed by atoms with van der Waals surface area (Å²) in [7, 11) is -3.81. The average Bonchev–Trinajstić information content (AvgIpc) is 2.68. The van der Waals surface area contributed by atoms with E-state index in [1.54, 1.807) is 29.2 Å². The first kappa shape index (κ1) is 19.5. The summed E-state index contributed by atoms with van der Waals surface area (Å²) in [5.41, 5.74) is 1.87. The Hall–Kier alpha value is -2.22. The van der Waals surface area contributed by atoms with Crippen LogP contribution in [0.5, 0.6) is 0 Å². The van der Waals surface area contributed by atoms with Crippen molar-refractivity contribution >= 4 is 15.9 Å². The first-order valence-electron chi connectivity index (χ1n) is 8.95. The largest absolute Gasteiger partial charge is 0.378 e. The summed E-state index contributed by atoms with van der Waals surface area (Å²) in [6, 6.07) is 15.1. The SMILES string of the molecule is Cc1ccc(S(=O)(=O)N[C@H](Cc2ccccc2)C(=O)N2CCOCC2)cc1. The van der Waals surface area contributed by atoms with Gasteiger partial charge in [0.1, 0.15) is 6.04 Å². The van der Waals surface area contributed by atoms with Crippen molar-refractivity contribution in [2.45, 2.75) is 24.3 Å². The molecule has 1 saturated heterocycles. The Balaban J connectivity index is 1.84. The molecule has 7 heteroatoms. The lowest BCUT2D eigenvalue weighted by molar-refractivity contribution is -0.137. The number of carbonyl (C=O) groups is 1. The number of nitrogens with one attached hydrogen (secondary N) is 1. The van der Waals surface area contributed by atoms with E-state index in [1.165, 1.54) is 0 Å². The van der Waals surface area contributed by atoms with E-state index in [2.05, 4.69) is 4.72 Å². The Bertz CT molecular complexity index is 861. The van der Waals surface area contributed by atoms with Gasteiger partial charge < -0.3 is 9.64 Å². The highest BCUT2D eigenvalue weighted by Crippen LogP contribution is 2.14. The molecule has 6 nitrogen and oxygen atoms in total. The molecule has 27 heavy (non-hydrogen) atoms. The fourth-order valence-electron chi connectivity index (χ4n) is 3.01. The topological polar surface area (TPSA) is 75.7 Å². The third kappa shape index (κ3) is 5.15. The molecule has 1 N–H and O–H groups in total. The summed E-state index contributed by atoms with van der Waals surface area (Å²) < 4.78 is 33.6. The maximum atomic E-state index is 13.0. The van der Waals surface area contributed by atoms with Crippen molar-refractivity contribution in [2.24, 2.45) is 0 Å². The fourth-order valence-corrected chi connectivity index (χ4v) is 4.20. The van der Waals surface area contributed by atoms with E-state index in [9.17, 15) is 13.2 Å². The minimum atomic E-state index is -3.81. The molecule has 144 valence electrons. The Labute approximate surface area is 160 Å². The van der Waals surface area contributed by atoms with Crippen LogP contribution in [0.3, 0.4) is 0 Å². The zero-order valence-electron chi connectivity index (χ0n) is 15.3. The van der Waals surface area contributed by atoms with Crippen LogP contribution in [0.4, 0.5) is 0 Å². The number of aryl methyl sites for hydroxylation is 1. The van der Waals surface area contributed by atoms with Gasteiger partial charge in [-0.25, -0.2) is 8.42 Å². The molecule has 1 amide bonds. The quantitative estimate of drug-likeness (QED) is 0.818. The summed E-state index contributed by atoms with van der Waals surface area (Å²) in [5.74, 6) is -0.224. The van der Waals surface area contributed by atoms with Crippen molar-refractivity contribution in [2.75, 3.05) is 26.3 Å². The molecule has 0 spiro atoms. The number of ether oxygens (including phenoxy) is 1. The maximum Gasteiger partial charge on any atom is 0.241 e. The van der Waals surface area contributed by atoms with E-state index in [0.29, 0.717) is 32.7 Å². The molecule has 0 unspecified atom stereocenters. The van der Waals surface area contributed by atoms with Crippen LogP contribution in [-0.4, -0.2) is 51.6 Å². The van der Waals surface area contributed by atoms with Gasteiger partial charge in [-0.2, -0.15) is 4.72 Å². The van der Waals surface area contributed by atoms with E-state index in [1.807, 2.05) is 37.3 Å². The molecule has 2 aromatic carbocycles. The first-order chi connectivity index (χ1) is 13.0. The van der Waals surface area contributed by atoms with Crippen LogP contribution < -0.4 is 4.72 Å². The zero-order chi connectivity index (χ0) is 19.3. The lowest BCUT2D eigenvalue weighted by Crippen LogP contribution is -2.52. The second kappa shape index (κ2) is 8.65. The number of benzene rings is 2. The number of nitrogens with zero attached hydrogens (tertiary/aromatic N) is 1. The number of carbonyl (C=O) groups excluding carboxylic acids is 1. The number of hydrogen-bond donors (Lipinski definition) is 1. The minimum absolute atomic E-state index is 0.154. The van der Waals surface area contributed by atoms with E-state index >= 15 is 0 Å². The van der Waals surface area contributed by atoms with Gasteiger partial charge in [0.25, 0.3) is 0 Å². The highest BCUT2D eigenvalue weighted by Gasteiger charge is 2.30. The van der Waals surface area contributed by atoms with Crippen LogP contribution in [0.2, 0.25) is 0 Å². The van der Waals surface area contributed by atoms with Crippen LogP contribution in [0.25, 0.3) is 0 Å². The van der Waals surface area contributed by atoms with Crippen molar-refractivity contribution < 1.29 is 17.9 Å². The summed E-state index contributed by atoms with van der Waals surface area (Å²) in [6.45, 7) is 3.76. The van der Waals surface area contributed by atoms with Crippen LogP contribution in [0.15, 0.2) is 59.5 Å². The lowest BCUT2D eigenvalue weighted by atomic mass is 10.1. The third-order valence-corrected chi connectivity index (χ3v) is 6.02. The van der Waals surface area contributed by atoms with Crippen LogP contribution in [0, 0.1) is 6.92 Å². The molecule has 1 heterocycles. The smallest absolute Gasteiger partial charge is 0.241 e. The van der Waals surface area contributed by atoms with Gasteiger partial charge in [-0.15, -0.1) is 0 Å². The van der Waals surface area contributed by atoms with Crippen molar-refractivity contribution in [1.82, 2.24) is 9.62 Å². The number of hydrogen-bond acceptors (Lipinski definition) is 4. The molecular weight excluding hydrogens is 364 g/mol. The monoisotopic (exact) mass is 388 g/mol. The molecule has 3 rings (SSSR count). The molecule has 1 fully saturated rings. The molecule has 1 atom stereocenters. The van der Waals surface area contributed by atoms with Crippen molar-refractivity contribution in [1.29, 1.82) is 0 Å². The number of amides is 1. The number of sulfonamides is 1. The Morgan fingerprint density at radius 2 is 1.70 bits per heavy atom. The second-order valence-corrected chi connectivity index (χ2v) is 8.33. The van der Waals surface area contributed by atoms with Crippen LogP contribution in [0.1, 0.15) is 11.1 Å². The molecule has 0 aliphatic carbocycles. The van der Waals surface area contributed by atoms with E-state index in [0.717, 1.165) is 11.1 Å². The van der Waals surface area contributed by atoms with Gasteiger partial charge in [0, 0.05) is 13.1 Å². The second-order valence-electron chi connectivity index (χ2n) is 6.61. The minimum Gasteiger partial charge on any atom is -0.378 e. The Kier molecular flexibility index (Phi) is 6.26. The lowest BCUT2D eigenvalue weighted by Gasteiger charge is -2.30.